The fraction of sp³-hybridized carbons (Fsp3) is 0.375. The van der Waals surface area contributed by atoms with Crippen LogP contribution in [0.3, 0.4) is 0 Å². The lowest BCUT2D eigenvalue weighted by Gasteiger charge is -2.15. The summed E-state index contributed by atoms with van der Waals surface area (Å²) in [6.45, 7) is 5.74. The summed E-state index contributed by atoms with van der Waals surface area (Å²) in [7, 11) is 0. The molecular weight excluding hydrogens is 284 g/mol. The van der Waals surface area contributed by atoms with Gasteiger partial charge in [-0.2, -0.15) is 0 Å². The molecule has 1 aliphatic heterocycles. The van der Waals surface area contributed by atoms with Crippen molar-refractivity contribution in [2.24, 2.45) is 0 Å². The third-order valence-electron chi connectivity index (χ3n) is 3.35. The maximum absolute atomic E-state index is 12.1. The number of carbonyl (C=O) groups excluding carboxylic acids is 2. The molecule has 0 bridgehead atoms. The Morgan fingerprint density at radius 2 is 2.00 bits per heavy atom. The highest BCUT2D eigenvalue weighted by Gasteiger charge is 2.19. The second-order valence-corrected chi connectivity index (χ2v) is 5.89. The van der Waals surface area contributed by atoms with E-state index in [0.717, 1.165) is 30.8 Å². The molecule has 1 aliphatic rings. The van der Waals surface area contributed by atoms with E-state index in [4.69, 9.17) is 0 Å². The minimum Gasteiger partial charge on any atom is -0.349 e. The maximum atomic E-state index is 12.1. The van der Waals surface area contributed by atoms with Crippen LogP contribution >= 0.6 is 11.8 Å². The van der Waals surface area contributed by atoms with Crippen molar-refractivity contribution in [3.05, 3.63) is 42.5 Å². The highest BCUT2D eigenvalue weighted by Crippen LogP contribution is 2.23. The fourth-order valence-corrected chi connectivity index (χ4v) is 3.19. The standard InChI is InChI=1S/C16H20N2O2S/c1-2-9-17-16(20)13-7-3-4-8-14(13)21-12-15(19)18-10-5-6-11-18/h2-4,7-8H,1,5-6,9-12H2,(H,17,20). The van der Waals surface area contributed by atoms with E-state index in [1.807, 2.05) is 23.1 Å². The number of nitrogens with one attached hydrogen (secondary N) is 1. The number of nitrogens with zero attached hydrogens (tertiary/aromatic N) is 1. The minimum atomic E-state index is -0.133. The van der Waals surface area contributed by atoms with Gasteiger partial charge in [-0.3, -0.25) is 9.59 Å². The first-order valence-corrected chi connectivity index (χ1v) is 8.09. The van der Waals surface area contributed by atoms with Crippen LogP contribution in [-0.2, 0) is 4.79 Å². The smallest absolute Gasteiger partial charge is 0.252 e. The van der Waals surface area contributed by atoms with Crippen molar-refractivity contribution in [3.8, 4) is 0 Å². The Balaban J connectivity index is 1.97. The maximum Gasteiger partial charge on any atom is 0.252 e. The van der Waals surface area contributed by atoms with Gasteiger partial charge in [0.1, 0.15) is 0 Å². The summed E-state index contributed by atoms with van der Waals surface area (Å²) in [6.07, 6.45) is 3.83. The number of benzene rings is 1. The zero-order valence-electron chi connectivity index (χ0n) is 12.0. The number of hydrogen-bond acceptors (Lipinski definition) is 3. The predicted molar refractivity (Wildman–Crippen MR) is 85.5 cm³/mol. The molecule has 4 nitrogen and oxygen atoms in total. The van der Waals surface area contributed by atoms with Gasteiger partial charge in [-0.15, -0.1) is 18.3 Å². The van der Waals surface area contributed by atoms with Crippen molar-refractivity contribution in [3.63, 3.8) is 0 Å². The summed E-state index contributed by atoms with van der Waals surface area (Å²) in [5, 5.41) is 2.77. The Morgan fingerprint density at radius 1 is 1.29 bits per heavy atom. The zero-order chi connectivity index (χ0) is 15.1. The quantitative estimate of drug-likeness (QED) is 0.648. The molecule has 0 spiro atoms. The van der Waals surface area contributed by atoms with Gasteiger partial charge in [0, 0.05) is 24.5 Å². The molecule has 0 atom stereocenters. The molecule has 2 rings (SSSR count). The van der Waals surface area contributed by atoms with Crippen LogP contribution in [-0.4, -0.2) is 42.1 Å². The Kier molecular flexibility index (Phi) is 5.87. The van der Waals surface area contributed by atoms with Gasteiger partial charge in [0.15, 0.2) is 0 Å². The number of likely N-dealkylation sites (tertiary alicyclic amines) is 1. The molecule has 2 amide bonds. The Hall–Kier alpha value is -1.75. The van der Waals surface area contributed by atoms with Crippen molar-refractivity contribution >= 4 is 23.6 Å². The Morgan fingerprint density at radius 3 is 2.71 bits per heavy atom. The summed E-state index contributed by atoms with van der Waals surface area (Å²) in [5.74, 6) is 0.400. The molecule has 112 valence electrons. The third kappa shape index (κ3) is 4.36. The molecule has 1 fully saturated rings. The van der Waals surface area contributed by atoms with Crippen LogP contribution in [0.4, 0.5) is 0 Å². The van der Waals surface area contributed by atoms with Gasteiger partial charge in [0.25, 0.3) is 5.91 Å². The van der Waals surface area contributed by atoms with Crippen LogP contribution in [0, 0.1) is 0 Å². The van der Waals surface area contributed by atoms with Gasteiger partial charge in [-0.05, 0) is 25.0 Å². The summed E-state index contributed by atoms with van der Waals surface area (Å²) in [6, 6.07) is 7.37. The van der Waals surface area contributed by atoms with Crippen molar-refractivity contribution in [2.45, 2.75) is 17.7 Å². The Labute approximate surface area is 129 Å². The Bertz CT molecular complexity index is 525. The van der Waals surface area contributed by atoms with Gasteiger partial charge in [-0.1, -0.05) is 18.2 Å². The van der Waals surface area contributed by atoms with E-state index < -0.39 is 0 Å². The SMILES string of the molecule is C=CCNC(=O)c1ccccc1SCC(=O)N1CCCC1. The molecule has 0 unspecified atom stereocenters. The number of thioether (sulfide) groups is 1. The van der Waals surface area contributed by atoms with Crippen LogP contribution in [0.25, 0.3) is 0 Å². The largest absolute Gasteiger partial charge is 0.349 e. The third-order valence-corrected chi connectivity index (χ3v) is 4.41. The first-order valence-electron chi connectivity index (χ1n) is 7.11. The summed E-state index contributed by atoms with van der Waals surface area (Å²) in [5.41, 5.74) is 0.610. The molecule has 5 heteroatoms. The molecule has 0 aromatic heterocycles. The summed E-state index contributed by atoms with van der Waals surface area (Å²) < 4.78 is 0. The fourth-order valence-electron chi connectivity index (χ4n) is 2.24. The molecule has 0 radical (unpaired) electrons. The van der Waals surface area contributed by atoms with E-state index in [1.165, 1.54) is 11.8 Å². The molecule has 0 saturated carbocycles. The molecule has 1 heterocycles. The molecule has 1 aromatic carbocycles. The van der Waals surface area contributed by atoms with Crippen LogP contribution < -0.4 is 5.32 Å². The van der Waals surface area contributed by atoms with E-state index >= 15 is 0 Å². The predicted octanol–water partition coefficient (Wildman–Crippen LogP) is 2.32. The first-order chi connectivity index (χ1) is 10.2. The van der Waals surface area contributed by atoms with Crippen molar-refractivity contribution < 1.29 is 9.59 Å². The normalized spacial score (nSPS) is 14.0. The van der Waals surface area contributed by atoms with Crippen LogP contribution in [0.1, 0.15) is 23.2 Å². The highest BCUT2D eigenvalue weighted by molar-refractivity contribution is 8.00. The van der Waals surface area contributed by atoms with Crippen molar-refractivity contribution in [1.82, 2.24) is 10.2 Å². The monoisotopic (exact) mass is 304 g/mol. The van der Waals surface area contributed by atoms with Crippen LogP contribution in [0.2, 0.25) is 0 Å². The second kappa shape index (κ2) is 7.88. The van der Waals surface area contributed by atoms with Gasteiger partial charge >= 0.3 is 0 Å². The van der Waals surface area contributed by atoms with Crippen molar-refractivity contribution in [2.75, 3.05) is 25.4 Å². The molecule has 1 N–H and O–H groups in total. The van der Waals surface area contributed by atoms with Gasteiger partial charge in [0.05, 0.1) is 11.3 Å². The lowest BCUT2D eigenvalue weighted by Crippen LogP contribution is -2.29. The average Bonchev–Trinajstić information content (AvgIpc) is 3.05. The van der Waals surface area contributed by atoms with Crippen molar-refractivity contribution in [1.29, 1.82) is 0 Å². The topological polar surface area (TPSA) is 49.4 Å². The van der Waals surface area contributed by atoms with E-state index in [1.54, 1.807) is 12.1 Å². The highest BCUT2D eigenvalue weighted by atomic mass is 32.2. The lowest BCUT2D eigenvalue weighted by atomic mass is 10.2. The molecular formula is C16H20N2O2S. The lowest BCUT2D eigenvalue weighted by molar-refractivity contribution is -0.127. The van der Waals surface area contributed by atoms with Gasteiger partial charge in [0.2, 0.25) is 5.91 Å². The minimum absolute atomic E-state index is 0.133. The van der Waals surface area contributed by atoms with Gasteiger partial charge < -0.3 is 10.2 Å². The van der Waals surface area contributed by atoms with E-state index in [2.05, 4.69) is 11.9 Å². The van der Waals surface area contributed by atoms with E-state index in [0.29, 0.717) is 17.9 Å². The zero-order valence-corrected chi connectivity index (χ0v) is 12.8. The molecule has 0 aliphatic carbocycles. The number of amides is 2. The average molecular weight is 304 g/mol. The molecule has 21 heavy (non-hydrogen) atoms. The summed E-state index contributed by atoms with van der Waals surface area (Å²) in [4.78, 5) is 26.9. The van der Waals surface area contributed by atoms with E-state index in [9.17, 15) is 9.59 Å². The van der Waals surface area contributed by atoms with Crippen LogP contribution in [0.15, 0.2) is 41.8 Å². The summed E-state index contributed by atoms with van der Waals surface area (Å²) >= 11 is 1.43. The van der Waals surface area contributed by atoms with Gasteiger partial charge in [-0.25, -0.2) is 0 Å². The number of carbonyl (C=O) groups is 2. The number of hydrogen-bond donors (Lipinski definition) is 1. The number of rotatable bonds is 6. The second-order valence-electron chi connectivity index (χ2n) is 4.87. The molecule has 1 aromatic rings. The first kappa shape index (κ1) is 15.6. The van der Waals surface area contributed by atoms with Crippen LogP contribution in [0.5, 0.6) is 0 Å². The molecule has 1 saturated heterocycles. The van der Waals surface area contributed by atoms with E-state index in [-0.39, 0.29) is 11.8 Å².